The smallest absolute Gasteiger partial charge is 0.0164 e. The molecule has 0 aliphatic heterocycles. The van der Waals surface area contributed by atoms with Crippen LogP contribution in [0.25, 0.3) is 0 Å². The summed E-state index contributed by atoms with van der Waals surface area (Å²) in [6, 6.07) is 0. The molecule has 1 fully saturated rings. The molecular formula is C16H26. The second kappa shape index (κ2) is 5.70. The van der Waals surface area contributed by atoms with E-state index in [1.54, 1.807) is 11.1 Å². The summed E-state index contributed by atoms with van der Waals surface area (Å²) in [6.07, 6.45) is 16.2. The number of hydrogen-bond acceptors (Lipinski definition) is 0. The number of rotatable bonds is 4. The minimum atomic E-state index is 0.849. The highest BCUT2D eigenvalue weighted by Gasteiger charge is 2.24. The largest absolute Gasteiger partial charge is 0.0773 e. The second-order valence-electron chi connectivity index (χ2n) is 5.50. The van der Waals surface area contributed by atoms with Crippen LogP contribution in [0.2, 0.25) is 0 Å². The molecule has 90 valence electrons. The van der Waals surface area contributed by atoms with Gasteiger partial charge in [0.1, 0.15) is 0 Å². The van der Waals surface area contributed by atoms with Gasteiger partial charge in [0.05, 0.1) is 0 Å². The molecule has 0 unspecified atom stereocenters. The molecule has 2 aliphatic carbocycles. The Bertz CT molecular complexity index is 252. The van der Waals surface area contributed by atoms with Crippen LogP contribution in [-0.4, -0.2) is 0 Å². The van der Waals surface area contributed by atoms with Crippen LogP contribution in [0.4, 0.5) is 0 Å². The minimum absolute atomic E-state index is 0.849. The van der Waals surface area contributed by atoms with Crippen molar-refractivity contribution in [1.29, 1.82) is 0 Å². The molecule has 0 spiro atoms. The van der Waals surface area contributed by atoms with E-state index in [1.807, 2.05) is 0 Å². The van der Waals surface area contributed by atoms with Crippen molar-refractivity contribution in [3.05, 3.63) is 23.3 Å². The van der Waals surface area contributed by atoms with Gasteiger partial charge in [-0.2, -0.15) is 0 Å². The van der Waals surface area contributed by atoms with Crippen LogP contribution in [0, 0.1) is 11.8 Å². The minimum Gasteiger partial charge on any atom is -0.0773 e. The normalized spacial score (nSPS) is 29.4. The molecule has 2 aliphatic rings. The lowest BCUT2D eigenvalue weighted by molar-refractivity contribution is 0.398. The fourth-order valence-corrected chi connectivity index (χ4v) is 3.36. The van der Waals surface area contributed by atoms with E-state index in [2.05, 4.69) is 26.0 Å². The first-order chi connectivity index (χ1) is 7.85. The van der Waals surface area contributed by atoms with E-state index in [-0.39, 0.29) is 0 Å². The van der Waals surface area contributed by atoms with Gasteiger partial charge in [-0.05, 0) is 61.5 Å². The summed E-state index contributed by atoms with van der Waals surface area (Å²) < 4.78 is 0. The van der Waals surface area contributed by atoms with E-state index in [9.17, 15) is 0 Å². The lowest BCUT2D eigenvalue weighted by Gasteiger charge is -2.31. The monoisotopic (exact) mass is 218 g/mol. The fraction of sp³-hybridized carbons (Fsp3) is 0.750. The Balaban J connectivity index is 2.12. The molecule has 2 atom stereocenters. The molecule has 1 saturated carbocycles. The van der Waals surface area contributed by atoms with Gasteiger partial charge in [-0.3, -0.25) is 0 Å². The van der Waals surface area contributed by atoms with Crippen LogP contribution in [0.5, 0.6) is 0 Å². The zero-order valence-electron chi connectivity index (χ0n) is 11.0. The predicted octanol–water partition coefficient (Wildman–Crippen LogP) is 5.26. The molecule has 0 N–H and O–H groups in total. The quantitative estimate of drug-likeness (QED) is 0.604. The Labute approximate surface area is 101 Å². The summed E-state index contributed by atoms with van der Waals surface area (Å²) in [5.41, 5.74) is 3.41. The molecule has 0 saturated heterocycles. The Morgan fingerprint density at radius 1 is 0.875 bits per heavy atom. The van der Waals surface area contributed by atoms with Crippen molar-refractivity contribution < 1.29 is 0 Å². The third-order valence-corrected chi connectivity index (χ3v) is 4.18. The lowest BCUT2D eigenvalue weighted by atomic mass is 9.74. The van der Waals surface area contributed by atoms with Crippen LogP contribution in [-0.2, 0) is 0 Å². The van der Waals surface area contributed by atoms with Gasteiger partial charge in [0.25, 0.3) is 0 Å². The molecule has 0 amide bonds. The van der Waals surface area contributed by atoms with Crippen LogP contribution >= 0.6 is 0 Å². The first-order valence-corrected chi connectivity index (χ1v) is 7.27. The molecule has 0 bridgehead atoms. The summed E-state index contributed by atoms with van der Waals surface area (Å²) in [5, 5.41) is 0. The first kappa shape index (κ1) is 12.0. The molecule has 0 nitrogen and oxygen atoms in total. The molecule has 0 heteroatoms. The molecule has 0 radical (unpaired) electrons. The maximum atomic E-state index is 2.64. The van der Waals surface area contributed by atoms with Gasteiger partial charge in [0.2, 0.25) is 0 Å². The van der Waals surface area contributed by atoms with Gasteiger partial charge in [0.15, 0.2) is 0 Å². The van der Waals surface area contributed by atoms with Crippen molar-refractivity contribution in [2.45, 2.75) is 65.2 Å². The maximum Gasteiger partial charge on any atom is -0.0164 e. The second-order valence-corrected chi connectivity index (χ2v) is 5.50. The van der Waals surface area contributed by atoms with Crippen molar-refractivity contribution in [3.8, 4) is 0 Å². The van der Waals surface area contributed by atoms with Crippen molar-refractivity contribution >= 4 is 0 Å². The highest BCUT2D eigenvalue weighted by Crippen LogP contribution is 2.39. The lowest BCUT2D eigenvalue weighted by Crippen LogP contribution is -2.18. The maximum absolute atomic E-state index is 2.64. The summed E-state index contributed by atoms with van der Waals surface area (Å²) in [4.78, 5) is 0. The highest BCUT2D eigenvalue weighted by atomic mass is 14.3. The molecule has 0 heterocycles. The van der Waals surface area contributed by atoms with Crippen LogP contribution < -0.4 is 0 Å². The van der Waals surface area contributed by atoms with E-state index in [0.717, 1.165) is 11.8 Å². The molecular weight excluding hydrogens is 192 g/mol. The molecule has 2 rings (SSSR count). The van der Waals surface area contributed by atoms with Gasteiger partial charge in [-0.25, -0.2) is 0 Å². The molecule has 0 aromatic heterocycles. The van der Waals surface area contributed by atoms with Gasteiger partial charge in [-0.15, -0.1) is 0 Å². The topological polar surface area (TPSA) is 0 Å². The summed E-state index contributed by atoms with van der Waals surface area (Å²) in [7, 11) is 0. The standard InChI is InChI=1S/C16H26/c1-3-7-13-11-15-9-5-6-10-16(15)12-14(13)8-4-2/h11-14H,3-10H2,1-2H3/t13-,14+. The van der Waals surface area contributed by atoms with Crippen LogP contribution in [0.15, 0.2) is 23.3 Å². The average Bonchev–Trinajstić information content (AvgIpc) is 2.30. The summed E-state index contributed by atoms with van der Waals surface area (Å²) in [6.45, 7) is 4.64. The van der Waals surface area contributed by atoms with Crippen molar-refractivity contribution in [2.24, 2.45) is 11.8 Å². The summed E-state index contributed by atoms with van der Waals surface area (Å²) >= 11 is 0. The zero-order valence-corrected chi connectivity index (χ0v) is 11.0. The Morgan fingerprint density at radius 3 is 1.69 bits per heavy atom. The van der Waals surface area contributed by atoms with Gasteiger partial charge in [0, 0.05) is 0 Å². The zero-order chi connectivity index (χ0) is 11.4. The Kier molecular flexibility index (Phi) is 4.26. The van der Waals surface area contributed by atoms with Crippen molar-refractivity contribution in [2.75, 3.05) is 0 Å². The van der Waals surface area contributed by atoms with Crippen LogP contribution in [0.1, 0.15) is 65.2 Å². The number of hydrogen-bond donors (Lipinski definition) is 0. The van der Waals surface area contributed by atoms with Crippen molar-refractivity contribution in [3.63, 3.8) is 0 Å². The number of allylic oxidation sites excluding steroid dienone is 4. The number of fused-ring (bicyclic) bond motifs is 1. The Hall–Kier alpha value is -0.520. The van der Waals surface area contributed by atoms with Gasteiger partial charge < -0.3 is 0 Å². The fourth-order valence-electron chi connectivity index (χ4n) is 3.36. The average molecular weight is 218 g/mol. The van der Waals surface area contributed by atoms with Crippen LogP contribution in [0.3, 0.4) is 0 Å². The third-order valence-electron chi connectivity index (χ3n) is 4.18. The molecule has 0 aromatic carbocycles. The summed E-state index contributed by atoms with van der Waals surface area (Å²) in [5.74, 6) is 1.70. The van der Waals surface area contributed by atoms with Crippen molar-refractivity contribution in [1.82, 2.24) is 0 Å². The third kappa shape index (κ3) is 2.59. The molecule has 0 aromatic rings. The first-order valence-electron chi connectivity index (χ1n) is 7.27. The van der Waals surface area contributed by atoms with Gasteiger partial charge >= 0.3 is 0 Å². The SMILES string of the molecule is CCC[C@H]1C=C2CCCCC2=C[C@H]1CCC. The Morgan fingerprint density at radius 2 is 1.31 bits per heavy atom. The highest BCUT2D eigenvalue weighted by molar-refractivity contribution is 5.37. The van der Waals surface area contributed by atoms with E-state index in [0.29, 0.717) is 0 Å². The van der Waals surface area contributed by atoms with E-state index < -0.39 is 0 Å². The van der Waals surface area contributed by atoms with Gasteiger partial charge in [-0.1, -0.05) is 38.8 Å². The predicted molar refractivity (Wildman–Crippen MR) is 71.4 cm³/mol. The van der Waals surface area contributed by atoms with E-state index in [1.165, 1.54) is 51.4 Å². The van der Waals surface area contributed by atoms with E-state index in [4.69, 9.17) is 0 Å². The molecule has 16 heavy (non-hydrogen) atoms. The van der Waals surface area contributed by atoms with E-state index >= 15 is 0 Å².